The van der Waals surface area contributed by atoms with E-state index in [9.17, 15) is 0 Å². The smallest absolute Gasteiger partial charge is 0.321 e. The van der Waals surface area contributed by atoms with Crippen molar-refractivity contribution >= 4 is 17.5 Å². The number of benzene rings is 1. The summed E-state index contributed by atoms with van der Waals surface area (Å²) in [5.41, 5.74) is 0.754. The molecule has 6 heteroatoms. The second kappa shape index (κ2) is 6.33. The zero-order chi connectivity index (χ0) is 13.7. The maximum atomic E-state index is 6.15. The van der Waals surface area contributed by atoms with Crippen molar-refractivity contribution in [2.45, 2.75) is 13.3 Å². The zero-order valence-corrected chi connectivity index (χ0v) is 11.6. The standard InChI is InChI=1S/C13H15ClN4O/c1-3-8-19-13-17-11(16-12(15-2)18-13)9-6-4-5-7-10(9)14/h4-7H,3,8H2,1-2H3,(H,15,16,17,18). The summed E-state index contributed by atoms with van der Waals surface area (Å²) in [7, 11) is 1.75. The Hall–Kier alpha value is -1.88. The number of halogens is 1. The molecule has 0 aliphatic heterocycles. The van der Waals surface area contributed by atoms with Gasteiger partial charge in [-0.2, -0.15) is 15.0 Å². The van der Waals surface area contributed by atoms with Crippen molar-refractivity contribution in [2.75, 3.05) is 19.0 Å². The van der Waals surface area contributed by atoms with Crippen molar-refractivity contribution in [1.82, 2.24) is 15.0 Å². The Morgan fingerprint density at radius 1 is 1.21 bits per heavy atom. The van der Waals surface area contributed by atoms with Crippen molar-refractivity contribution in [3.63, 3.8) is 0 Å². The average Bonchev–Trinajstić information content (AvgIpc) is 2.45. The van der Waals surface area contributed by atoms with Gasteiger partial charge < -0.3 is 10.1 Å². The van der Waals surface area contributed by atoms with E-state index in [1.165, 1.54) is 0 Å². The molecule has 0 aliphatic rings. The lowest BCUT2D eigenvalue weighted by molar-refractivity contribution is 0.292. The topological polar surface area (TPSA) is 59.9 Å². The molecular formula is C13H15ClN4O. The van der Waals surface area contributed by atoms with E-state index >= 15 is 0 Å². The Balaban J connectivity index is 2.42. The molecule has 1 heterocycles. The van der Waals surface area contributed by atoms with E-state index in [4.69, 9.17) is 16.3 Å². The molecule has 0 radical (unpaired) electrons. The van der Waals surface area contributed by atoms with Crippen LogP contribution in [0.1, 0.15) is 13.3 Å². The van der Waals surface area contributed by atoms with E-state index in [-0.39, 0.29) is 0 Å². The molecule has 0 bridgehead atoms. The lowest BCUT2D eigenvalue weighted by Gasteiger charge is -2.08. The fourth-order valence-corrected chi connectivity index (χ4v) is 1.71. The maximum Gasteiger partial charge on any atom is 0.321 e. The van der Waals surface area contributed by atoms with E-state index < -0.39 is 0 Å². The molecule has 1 aromatic heterocycles. The average molecular weight is 279 g/mol. The van der Waals surface area contributed by atoms with E-state index in [0.717, 1.165) is 12.0 Å². The van der Waals surface area contributed by atoms with Crippen molar-refractivity contribution in [3.05, 3.63) is 29.3 Å². The number of hydrogen-bond donors (Lipinski definition) is 1. The highest BCUT2D eigenvalue weighted by molar-refractivity contribution is 6.33. The van der Waals surface area contributed by atoms with Crippen LogP contribution in [0.2, 0.25) is 5.02 Å². The predicted octanol–water partition coefficient (Wildman–Crippen LogP) is 3.02. The summed E-state index contributed by atoms with van der Waals surface area (Å²) in [6.07, 6.45) is 0.891. The Morgan fingerprint density at radius 3 is 2.68 bits per heavy atom. The molecule has 0 saturated heterocycles. The minimum absolute atomic E-state index is 0.302. The van der Waals surface area contributed by atoms with Gasteiger partial charge in [0.15, 0.2) is 5.82 Å². The minimum Gasteiger partial charge on any atom is -0.463 e. The molecule has 19 heavy (non-hydrogen) atoms. The summed E-state index contributed by atoms with van der Waals surface area (Å²) in [5.74, 6) is 0.951. The van der Waals surface area contributed by atoms with Crippen LogP contribution in [0.5, 0.6) is 6.01 Å². The Morgan fingerprint density at radius 2 is 2.00 bits per heavy atom. The monoisotopic (exact) mass is 278 g/mol. The molecule has 0 fully saturated rings. The normalized spacial score (nSPS) is 10.3. The fraction of sp³-hybridized carbons (Fsp3) is 0.308. The number of rotatable bonds is 5. The number of aromatic nitrogens is 3. The minimum atomic E-state index is 0.302. The molecule has 0 atom stereocenters. The van der Waals surface area contributed by atoms with Crippen LogP contribution in [0.25, 0.3) is 11.4 Å². The number of nitrogens with zero attached hydrogens (tertiary/aromatic N) is 3. The van der Waals surface area contributed by atoms with Crippen LogP contribution >= 0.6 is 11.6 Å². The number of hydrogen-bond acceptors (Lipinski definition) is 5. The van der Waals surface area contributed by atoms with Crippen molar-refractivity contribution in [2.24, 2.45) is 0 Å². The van der Waals surface area contributed by atoms with E-state index in [1.807, 2.05) is 25.1 Å². The summed E-state index contributed by atoms with van der Waals surface area (Å²) >= 11 is 6.15. The third-order valence-electron chi connectivity index (χ3n) is 2.39. The van der Waals surface area contributed by atoms with Crippen LogP contribution in [0.3, 0.4) is 0 Å². The number of nitrogens with one attached hydrogen (secondary N) is 1. The second-order valence-electron chi connectivity index (χ2n) is 3.84. The summed E-state index contributed by atoms with van der Waals surface area (Å²) in [4.78, 5) is 12.7. The van der Waals surface area contributed by atoms with Gasteiger partial charge in [0.05, 0.1) is 11.6 Å². The first kappa shape index (κ1) is 13.5. The van der Waals surface area contributed by atoms with Crippen LogP contribution in [0, 0.1) is 0 Å². The molecule has 5 nitrogen and oxygen atoms in total. The molecule has 2 aromatic rings. The first-order chi connectivity index (χ1) is 9.24. The summed E-state index contributed by atoms with van der Waals surface area (Å²) in [6.45, 7) is 2.59. The highest BCUT2D eigenvalue weighted by Crippen LogP contribution is 2.26. The predicted molar refractivity (Wildman–Crippen MR) is 75.6 cm³/mol. The third-order valence-corrected chi connectivity index (χ3v) is 2.72. The van der Waals surface area contributed by atoms with Crippen LogP contribution in [0.15, 0.2) is 24.3 Å². The molecule has 2 rings (SSSR count). The third kappa shape index (κ3) is 3.32. The highest BCUT2D eigenvalue weighted by Gasteiger charge is 2.11. The summed E-state index contributed by atoms with van der Waals surface area (Å²) < 4.78 is 5.45. The zero-order valence-electron chi connectivity index (χ0n) is 10.9. The van der Waals surface area contributed by atoms with E-state index in [2.05, 4.69) is 20.3 Å². The van der Waals surface area contributed by atoms with Crippen LogP contribution < -0.4 is 10.1 Å². The molecule has 0 saturated carbocycles. The molecule has 1 aromatic carbocycles. The number of ether oxygens (including phenoxy) is 1. The van der Waals surface area contributed by atoms with Crippen molar-refractivity contribution in [1.29, 1.82) is 0 Å². The van der Waals surface area contributed by atoms with Crippen molar-refractivity contribution < 1.29 is 4.74 Å². The lowest BCUT2D eigenvalue weighted by atomic mass is 10.2. The van der Waals surface area contributed by atoms with Gasteiger partial charge in [-0.25, -0.2) is 0 Å². The van der Waals surface area contributed by atoms with Gasteiger partial charge in [0, 0.05) is 12.6 Å². The molecule has 0 spiro atoms. The molecule has 0 amide bonds. The van der Waals surface area contributed by atoms with Crippen LogP contribution in [-0.4, -0.2) is 28.6 Å². The fourth-order valence-electron chi connectivity index (χ4n) is 1.49. The van der Waals surface area contributed by atoms with E-state index in [0.29, 0.717) is 29.4 Å². The van der Waals surface area contributed by atoms with Crippen LogP contribution in [-0.2, 0) is 0 Å². The van der Waals surface area contributed by atoms with Gasteiger partial charge in [0.2, 0.25) is 5.95 Å². The molecule has 100 valence electrons. The SMILES string of the molecule is CCCOc1nc(NC)nc(-c2ccccc2Cl)n1. The van der Waals surface area contributed by atoms with Gasteiger partial charge in [-0.05, 0) is 18.6 Å². The first-order valence-corrected chi connectivity index (χ1v) is 6.44. The summed E-state index contributed by atoms with van der Waals surface area (Å²) in [5, 5.41) is 3.48. The Labute approximate surface area is 117 Å². The molecule has 0 aliphatic carbocycles. The van der Waals surface area contributed by atoms with Gasteiger partial charge >= 0.3 is 6.01 Å². The van der Waals surface area contributed by atoms with Gasteiger partial charge in [0.25, 0.3) is 0 Å². The second-order valence-corrected chi connectivity index (χ2v) is 4.25. The highest BCUT2D eigenvalue weighted by atomic mass is 35.5. The Kier molecular flexibility index (Phi) is 4.52. The van der Waals surface area contributed by atoms with Gasteiger partial charge in [-0.3, -0.25) is 0 Å². The lowest BCUT2D eigenvalue weighted by Crippen LogP contribution is -2.06. The van der Waals surface area contributed by atoms with E-state index in [1.54, 1.807) is 13.1 Å². The molecule has 1 N–H and O–H groups in total. The number of anilines is 1. The molecular weight excluding hydrogens is 264 g/mol. The van der Waals surface area contributed by atoms with Gasteiger partial charge in [-0.1, -0.05) is 30.7 Å². The van der Waals surface area contributed by atoms with Crippen LogP contribution in [0.4, 0.5) is 5.95 Å². The van der Waals surface area contributed by atoms with Gasteiger partial charge in [-0.15, -0.1) is 0 Å². The van der Waals surface area contributed by atoms with Crippen molar-refractivity contribution in [3.8, 4) is 17.4 Å². The maximum absolute atomic E-state index is 6.15. The summed E-state index contributed by atoms with van der Waals surface area (Å²) in [6, 6.07) is 7.71. The van der Waals surface area contributed by atoms with Gasteiger partial charge in [0.1, 0.15) is 0 Å². The quantitative estimate of drug-likeness (QED) is 0.911. The Bertz CT molecular complexity index is 562. The molecule has 0 unspecified atom stereocenters. The largest absolute Gasteiger partial charge is 0.463 e. The first-order valence-electron chi connectivity index (χ1n) is 6.06.